The molecule has 0 radical (unpaired) electrons. The topological polar surface area (TPSA) is 133 Å². The van der Waals surface area contributed by atoms with E-state index in [9.17, 15) is 9.59 Å². The fraction of sp³-hybridized carbons (Fsp3) is 0.412. The zero-order valence-corrected chi connectivity index (χ0v) is 26.8. The number of carbonyl (C=O) groups excluding carboxylic acids is 2. The number of carbonyl (C=O) groups is 2. The number of primary amides is 1. The predicted molar refractivity (Wildman–Crippen MR) is 178 cm³/mol. The van der Waals surface area contributed by atoms with Crippen LogP contribution in [0.2, 0.25) is 0 Å². The van der Waals surface area contributed by atoms with E-state index in [-0.39, 0.29) is 23.3 Å². The molecule has 2 amide bonds. The lowest BCUT2D eigenvalue weighted by Gasteiger charge is -2.36. The number of piperidine rings is 1. The maximum atomic E-state index is 12.7. The van der Waals surface area contributed by atoms with Crippen LogP contribution in [0.15, 0.2) is 61.1 Å². The van der Waals surface area contributed by atoms with E-state index in [0.717, 1.165) is 43.2 Å². The highest BCUT2D eigenvalue weighted by Crippen LogP contribution is 2.30. The number of rotatable bonds is 5. The summed E-state index contributed by atoms with van der Waals surface area (Å²) in [5.74, 6) is 1.33. The number of pyridine rings is 2. The van der Waals surface area contributed by atoms with Gasteiger partial charge in [-0.15, -0.1) is 0 Å². The molecule has 236 valence electrons. The number of nitrogens with two attached hydrogens (primary N) is 1. The van der Waals surface area contributed by atoms with E-state index >= 15 is 0 Å². The van der Waals surface area contributed by atoms with Crippen molar-refractivity contribution in [3.05, 3.63) is 77.7 Å². The highest BCUT2D eigenvalue weighted by Gasteiger charge is 2.32. The minimum absolute atomic E-state index is 0.0998. The number of aromatic nitrogens is 4. The Balaban J connectivity index is 0.000000259. The molecule has 1 unspecified atom stereocenters. The predicted octanol–water partition coefficient (Wildman–Crippen LogP) is 4.68. The number of likely N-dealkylation sites (N-methyl/N-ethyl adjacent to an activating group) is 2. The van der Waals surface area contributed by atoms with Gasteiger partial charge in [-0.25, -0.2) is 19.9 Å². The normalized spacial score (nSPS) is 17.5. The summed E-state index contributed by atoms with van der Waals surface area (Å²) in [5, 5.41) is 3.40. The van der Waals surface area contributed by atoms with Gasteiger partial charge in [-0.05, 0) is 61.1 Å². The first kappa shape index (κ1) is 31.8. The fourth-order valence-electron chi connectivity index (χ4n) is 5.58. The Bertz CT molecular complexity index is 1630. The number of anilines is 3. The maximum absolute atomic E-state index is 12.7. The van der Waals surface area contributed by atoms with Gasteiger partial charge in [-0.2, -0.15) is 0 Å². The van der Waals surface area contributed by atoms with Crippen LogP contribution in [0.5, 0.6) is 0 Å². The van der Waals surface area contributed by atoms with Crippen molar-refractivity contribution < 1.29 is 9.59 Å². The molecule has 0 aliphatic carbocycles. The molecule has 2 saturated heterocycles. The largest absolute Gasteiger partial charge is 0.366 e. The molecule has 0 spiro atoms. The van der Waals surface area contributed by atoms with Crippen molar-refractivity contribution in [2.45, 2.75) is 51.5 Å². The summed E-state index contributed by atoms with van der Waals surface area (Å²) >= 11 is 0. The average molecular weight is 610 g/mol. The van der Waals surface area contributed by atoms with Gasteiger partial charge in [-0.1, -0.05) is 39.0 Å². The monoisotopic (exact) mass is 609 g/mol. The molecule has 0 bridgehead atoms. The molecular formula is C34H43N9O2. The number of nitrogens with zero attached hydrogens (tertiary/aromatic N) is 7. The summed E-state index contributed by atoms with van der Waals surface area (Å²) in [6.45, 7) is 9.98. The average Bonchev–Trinajstić information content (AvgIpc) is 3.04. The maximum Gasteiger partial charge on any atom is 0.248 e. The van der Waals surface area contributed by atoms with E-state index in [1.165, 1.54) is 24.8 Å². The van der Waals surface area contributed by atoms with E-state index in [1.54, 1.807) is 35.6 Å². The Labute approximate surface area is 264 Å². The number of nitrogens with one attached hydrogen (secondary N) is 1. The zero-order chi connectivity index (χ0) is 32.1. The Hall–Kier alpha value is -4.64. The van der Waals surface area contributed by atoms with Gasteiger partial charge in [0.15, 0.2) is 5.65 Å². The van der Waals surface area contributed by atoms with Gasteiger partial charge < -0.3 is 20.9 Å². The van der Waals surface area contributed by atoms with Crippen LogP contribution in [-0.2, 0) is 10.2 Å². The zero-order valence-electron chi connectivity index (χ0n) is 26.8. The third kappa shape index (κ3) is 7.54. The molecule has 4 aromatic rings. The smallest absolute Gasteiger partial charge is 0.248 e. The van der Waals surface area contributed by atoms with Crippen LogP contribution < -0.4 is 16.0 Å². The molecule has 0 saturated carbocycles. The van der Waals surface area contributed by atoms with Gasteiger partial charge in [-0.3, -0.25) is 14.5 Å². The Kier molecular flexibility index (Phi) is 9.57. The summed E-state index contributed by atoms with van der Waals surface area (Å²) in [5.41, 5.74) is 10.1. The van der Waals surface area contributed by atoms with Crippen LogP contribution in [-0.4, -0.2) is 81.8 Å². The van der Waals surface area contributed by atoms with Gasteiger partial charge in [0.1, 0.15) is 23.2 Å². The van der Waals surface area contributed by atoms with Crippen LogP contribution in [0.25, 0.3) is 11.2 Å². The molecule has 6 rings (SSSR count). The molecule has 3 N–H and O–H groups in total. The molecule has 1 aromatic carbocycles. The van der Waals surface area contributed by atoms with E-state index in [2.05, 4.69) is 50.8 Å². The number of hydrogen-bond donors (Lipinski definition) is 2. The van der Waals surface area contributed by atoms with Gasteiger partial charge in [0.25, 0.3) is 0 Å². The number of fused-ring (bicyclic) bond motifs is 1. The van der Waals surface area contributed by atoms with E-state index < -0.39 is 0 Å². The summed E-state index contributed by atoms with van der Waals surface area (Å²) in [6.07, 6.45) is 8.74. The van der Waals surface area contributed by atoms with Gasteiger partial charge in [0.05, 0.1) is 5.69 Å². The van der Waals surface area contributed by atoms with Crippen molar-refractivity contribution >= 4 is 40.3 Å². The fourth-order valence-corrected chi connectivity index (χ4v) is 5.58. The van der Waals surface area contributed by atoms with Crippen molar-refractivity contribution in [1.29, 1.82) is 0 Å². The molecule has 11 nitrogen and oxygen atoms in total. The van der Waals surface area contributed by atoms with Gasteiger partial charge >= 0.3 is 0 Å². The van der Waals surface area contributed by atoms with Crippen LogP contribution >= 0.6 is 0 Å². The van der Waals surface area contributed by atoms with E-state index in [4.69, 9.17) is 10.7 Å². The highest BCUT2D eigenvalue weighted by atomic mass is 16.2. The van der Waals surface area contributed by atoms with Gasteiger partial charge in [0.2, 0.25) is 11.8 Å². The lowest BCUT2D eigenvalue weighted by molar-refractivity contribution is -0.139. The highest BCUT2D eigenvalue weighted by molar-refractivity contribution is 5.92. The molecule has 2 fully saturated rings. The molecule has 5 heterocycles. The first-order valence-electron chi connectivity index (χ1n) is 15.5. The van der Waals surface area contributed by atoms with Crippen LogP contribution in [0.4, 0.5) is 17.3 Å². The Morgan fingerprint density at radius 2 is 1.62 bits per heavy atom. The van der Waals surface area contributed by atoms with Crippen LogP contribution in [0.3, 0.4) is 0 Å². The molecule has 2 aliphatic rings. The number of piperazine rings is 1. The molecule has 1 atom stereocenters. The van der Waals surface area contributed by atoms with Crippen molar-refractivity contribution in [2.75, 3.05) is 50.5 Å². The lowest BCUT2D eigenvalue weighted by Crippen LogP contribution is -2.49. The summed E-state index contributed by atoms with van der Waals surface area (Å²) in [6, 6.07) is 13.0. The molecule has 2 aliphatic heterocycles. The standard InChI is InChI=1S/C23H28N8O.C11H15NO/c1-29-12-13-30(2)23(32)21(29)16-6-7-18(26-15-16)27-17-14-19(31-10-4-3-5-11-31)28-22-20(17)24-8-9-25-22;1-11(2,3)9-6-4-8(5-7-9)10(12)13/h6-9,14-15,21H,3-5,10-13H2,1-2H3,(H,25,26,27,28);4-7H,1-3H3,(H2,12,13). The molecule has 45 heavy (non-hydrogen) atoms. The summed E-state index contributed by atoms with van der Waals surface area (Å²) < 4.78 is 0. The second-order valence-corrected chi connectivity index (χ2v) is 12.7. The van der Waals surface area contributed by atoms with Crippen LogP contribution in [0, 0.1) is 0 Å². The SMILES string of the molecule is CC(C)(C)c1ccc(C(N)=O)cc1.CN1CCN(C)C(c2ccc(Nc3cc(N4CCCCC4)nc4nccnc34)nc2)C1=O. The van der Waals surface area contributed by atoms with Crippen LogP contribution in [0.1, 0.15) is 67.6 Å². The van der Waals surface area contributed by atoms with Crippen molar-refractivity contribution in [1.82, 2.24) is 29.7 Å². The third-order valence-corrected chi connectivity index (χ3v) is 8.35. The second-order valence-electron chi connectivity index (χ2n) is 12.7. The number of hydrogen-bond acceptors (Lipinski definition) is 9. The number of amides is 2. The Morgan fingerprint density at radius 1 is 0.911 bits per heavy atom. The van der Waals surface area contributed by atoms with Crippen molar-refractivity contribution in [3.8, 4) is 0 Å². The molecule has 3 aromatic heterocycles. The summed E-state index contributed by atoms with van der Waals surface area (Å²) in [7, 11) is 3.83. The quantitative estimate of drug-likeness (QED) is 0.331. The van der Waals surface area contributed by atoms with Gasteiger partial charge in [0, 0.05) is 63.4 Å². The number of benzene rings is 1. The first-order chi connectivity index (χ1) is 21.5. The minimum Gasteiger partial charge on any atom is -0.366 e. The van der Waals surface area contributed by atoms with E-state index in [0.29, 0.717) is 22.5 Å². The first-order valence-corrected chi connectivity index (χ1v) is 15.5. The third-order valence-electron chi connectivity index (χ3n) is 8.35. The Morgan fingerprint density at radius 3 is 2.27 bits per heavy atom. The second kappa shape index (κ2) is 13.6. The summed E-state index contributed by atoms with van der Waals surface area (Å²) in [4.78, 5) is 47.9. The molecular weight excluding hydrogens is 566 g/mol. The van der Waals surface area contributed by atoms with Crippen molar-refractivity contribution in [3.63, 3.8) is 0 Å². The van der Waals surface area contributed by atoms with E-state index in [1.807, 2.05) is 44.4 Å². The minimum atomic E-state index is -0.375. The lowest BCUT2D eigenvalue weighted by atomic mass is 9.87. The molecule has 11 heteroatoms. The van der Waals surface area contributed by atoms with Crippen molar-refractivity contribution in [2.24, 2.45) is 5.73 Å².